The Hall–Kier alpha value is -0.0800. The summed E-state index contributed by atoms with van der Waals surface area (Å²) in [4.78, 5) is 2.38. The Kier molecular flexibility index (Phi) is 4.02. The third-order valence-corrected chi connectivity index (χ3v) is 2.19. The van der Waals surface area contributed by atoms with E-state index >= 15 is 0 Å². The number of likely N-dealkylation sites (N-methyl/N-ethyl adjacent to an activating group) is 1. The van der Waals surface area contributed by atoms with Gasteiger partial charge in [-0.2, -0.15) is 0 Å². The van der Waals surface area contributed by atoms with Gasteiger partial charge >= 0.3 is 0 Å². The third kappa shape index (κ3) is 4.73. The van der Waals surface area contributed by atoms with Gasteiger partial charge in [-0.15, -0.1) is 0 Å². The standard InChI is InChI=1S/C10H21NO/c1-9(2)12-7-6-11(3)8-10-4-5-10/h9-10H,4-8H2,1-3H3. The molecule has 0 unspecified atom stereocenters. The van der Waals surface area contributed by atoms with Crippen molar-refractivity contribution < 1.29 is 4.74 Å². The number of rotatable bonds is 6. The van der Waals surface area contributed by atoms with Crippen molar-refractivity contribution in [2.45, 2.75) is 32.8 Å². The minimum absolute atomic E-state index is 0.374. The topological polar surface area (TPSA) is 12.5 Å². The lowest BCUT2D eigenvalue weighted by Crippen LogP contribution is -2.26. The molecule has 1 aliphatic carbocycles. The van der Waals surface area contributed by atoms with E-state index in [1.54, 1.807) is 0 Å². The van der Waals surface area contributed by atoms with E-state index in [0.29, 0.717) is 6.10 Å². The minimum Gasteiger partial charge on any atom is -0.377 e. The van der Waals surface area contributed by atoms with Gasteiger partial charge in [0.2, 0.25) is 0 Å². The Bertz CT molecular complexity index is 121. The van der Waals surface area contributed by atoms with Gasteiger partial charge in [0.15, 0.2) is 0 Å². The molecule has 0 radical (unpaired) electrons. The van der Waals surface area contributed by atoms with Crippen LogP contribution < -0.4 is 0 Å². The molecule has 1 fully saturated rings. The zero-order chi connectivity index (χ0) is 8.97. The first kappa shape index (κ1) is 10.0. The van der Waals surface area contributed by atoms with Gasteiger partial charge in [0.25, 0.3) is 0 Å². The van der Waals surface area contributed by atoms with E-state index in [4.69, 9.17) is 4.74 Å². The molecule has 0 spiro atoms. The second kappa shape index (κ2) is 4.83. The lowest BCUT2D eigenvalue weighted by molar-refractivity contribution is 0.0632. The first-order chi connectivity index (χ1) is 5.68. The van der Waals surface area contributed by atoms with Gasteiger partial charge in [0, 0.05) is 13.1 Å². The fraction of sp³-hybridized carbons (Fsp3) is 1.00. The van der Waals surface area contributed by atoms with Gasteiger partial charge in [0.05, 0.1) is 12.7 Å². The molecule has 1 aliphatic rings. The van der Waals surface area contributed by atoms with E-state index in [9.17, 15) is 0 Å². The highest BCUT2D eigenvalue weighted by molar-refractivity contribution is 4.75. The maximum Gasteiger partial charge on any atom is 0.0596 e. The zero-order valence-corrected chi connectivity index (χ0v) is 8.55. The van der Waals surface area contributed by atoms with Gasteiger partial charge in [-0.3, -0.25) is 0 Å². The molecule has 0 N–H and O–H groups in total. The summed E-state index contributed by atoms with van der Waals surface area (Å²) in [6.07, 6.45) is 3.25. The highest BCUT2D eigenvalue weighted by Crippen LogP contribution is 2.29. The smallest absolute Gasteiger partial charge is 0.0596 e. The zero-order valence-electron chi connectivity index (χ0n) is 8.55. The van der Waals surface area contributed by atoms with Gasteiger partial charge in [0.1, 0.15) is 0 Å². The summed E-state index contributed by atoms with van der Waals surface area (Å²) in [5.41, 5.74) is 0. The molecule has 0 saturated heterocycles. The van der Waals surface area contributed by atoms with Crippen LogP contribution in [0.3, 0.4) is 0 Å². The Labute approximate surface area is 75.9 Å². The van der Waals surface area contributed by atoms with Gasteiger partial charge in [-0.05, 0) is 39.7 Å². The summed E-state index contributed by atoms with van der Waals surface area (Å²) in [6.45, 7) is 7.39. The highest BCUT2D eigenvalue weighted by Gasteiger charge is 2.22. The van der Waals surface area contributed by atoms with Crippen molar-refractivity contribution in [2.24, 2.45) is 5.92 Å². The quantitative estimate of drug-likeness (QED) is 0.603. The van der Waals surface area contributed by atoms with Crippen LogP contribution >= 0.6 is 0 Å². The van der Waals surface area contributed by atoms with E-state index in [0.717, 1.165) is 19.1 Å². The molecule has 12 heavy (non-hydrogen) atoms. The van der Waals surface area contributed by atoms with Gasteiger partial charge in [-0.25, -0.2) is 0 Å². The lowest BCUT2D eigenvalue weighted by Gasteiger charge is -2.16. The molecule has 72 valence electrons. The average Bonchev–Trinajstić information content (AvgIpc) is 2.70. The van der Waals surface area contributed by atoms with E-state index in [-0.39, 0.29) is 0 Å². The van der Waals surface area contributed by atoms with Gasteiger partial charge in [-0.1, -0.05) is 0 Å². The highest BCUT2D eigenvalue weighted by atomic mass is 16.5. The maximum absolute atomic E-state index is 5.47. The molecular formula is C10H21NO. The van der Waals surface area contributed by atoms with Crippen LogP contribution in [0.15, 0.2) is 0 Å². The van der Waals surface area contributed by atoms with Crippen molar-refractivity contribution in [2.75, 3.05) is 26.7 Å². The van der Waals surface area contributed by atoms with Crippen LogP contribution in [-0.4, -0.2) is 37.7 Å². The van der Waals surface area contributed by atoms with E-state index < -0.39 is 0 Å². The SMILES string of the molecule is CC(C)OCCN(C)CC1CC1. The summed E-state index contributed by atoms with van der Waals surface area (Å²) < 4.78 is 5.47. The van der Waals surface area contributed by atoms with Crippen LogP contribution in [0.1, 0.15) is 26.7 Å². The Morgan fingerprint density at radius 3 is 2.58 bits per heavy atom. The molecule has 2 nitrogen and oxygen atoms in total. The Balaban J connectivity index is 1.90. The molecular weight excluding hydrogens is 150 g/mol. The Morgan fingerprint density at radius 2 is 2.08 bits per heavy atom. The second-order valence-corrected chi connectivity index (χ2v) is 4.13. The number of hydrogen-bond acceptors (Lipinski definition) is 2. The van der Waals surface area contributed by atoms with Crippen LogP contribution in [0.2, 0.25) is 0 Å². The van der Waals surface area contributed by atoms with Gasteiger partial charge < -0.3 is 9.64 Å². The fourth-order valence-electron chi connectivity index (χ4n) is 1.28. The maximum atomic E-state index is 5.47. The second-order valence-electron chi connectivity index (χ2n) is 4.13. The molecule has 0 heterocycles. The fourth-order valence-corrected chi connectivity index (χ4v) is 1.28. The van der Waals surface area contributed by atoms with Crippen molar-refractivity contribution >= 4 is 0 Å². The number of ether oxygens (including phenoxy) is 1. The lowest BCUT2D eigenvalue weighted by atomic mass is 10.4. The molecule has 0 aromatic heterocycles. The molecule has 0 bridgehead atoms. The van der Waals surface area contributed by atoms with Crippen LogP contribution in [0.25, 0.3) is 0 Å². The summed E-state index contributed by atoms with van der Waals surface area (Å²) in [6, 6.07) is 0. The van der Waals surface area contributed by atoms with Crippen molar-refractivity contribution in [3.8, 4) is 0 Å². The molecule has 0 aromatic rings. The molecule has 0 aliphatic heterocycles. The monoisotopic (exact) mass is 171 g/mol. The molecule has 2 heteroatoms. The normalized spacial score (nSPS) is 17.8. The molecule has 1 rings (SSSR count). The summed E-state index contributed by atoms with van der Waals surface area (Å²) in [5, 5.41) is 0. The first-order valence-electron chi connectivity index (χ1n) is 4.98. The summed E-state index contributed by atoms with van der Waals surface area (Å²) >= 11 is 0. The van der Waals surface area contributed by atoms with Crippen LogP contribution in [0, 0.1) is 5.92 Å². The summed E-state index contributed by atoms with van der Waals surface area (Å²) in [7, 11) is 2.18. The van der Waals surface area contributed by atoms with E-state index in [1.807, 2.05) is 0 Å². The average molecular weight is 171 g/mol. The van der Waals surface area contributed by atoms with Crippen LogP contribution in [0.5, 0.6) is 0 Å². The molecule has 0 aromatic carbocycles. The van der Waals surface area contributed by atoms with Crippen LogP contribution in [0.4, 0.5) is 0 Å². The van der Waals surface area contributed by atoms with E-state index in [1.165, 1.54) is 19.4 Å². The van der Waals surface area contributed by atoms with Crippen molar-refractivity contribution in [3.05, 3.63) is 0 Å². The van der Waals surface area contributed by atoms with Crippen LogP contribution in [-0.2, 0) is 4.74 Å². The predicted octanol–water partition coefficient (Wildman–Crippen LogP) is 1.75. The van der Waals surface area contributed by atoms with Crippen molar-refractivity contribution in [1.29, 1.82) is 0 Å². The molecule has 0 atom stereocenters. The predicted molar refractivity (Wildman–Crippen MR) is 51.3 cm³/mol. The van der Waals surface area contributed by atoms with E-state index in [2.05, 4.69) is 25.8 Å². The first-order valence-corrected chi connectivity index (χ1v) is 4.98. The van der Waals surface area contributed by atoms with Crippen molar-refractivity contribution in [3.63, 3.8) is 0 Å². The van der Waals surface area contributed by atoms with Crippen molar-refractivity contribution in [1.82, 2.24) is 4.90 Å². The molecule has 1 saturated carbocycles. The largest absolute Gasteiger partial charge is 0.377 e. The Morgan fingerprint density at radius 1 is 1.42 bits per heavy atom. The third-order valence-electron chi connectivity index (χ3n) is 2.19. The number of nitrogens with zero attached hydrogens (tertiary/aromatic N) is 1. The summed E-state index contributed by atoms with van der Waals surface area (Å²) in [5.74, 6) is 0.994. The number of hydrogen-bond donors (Lipinski definition) is 0. The molecule has 0 amide bonds. The minimum atomic E-state index is 0.374.